The lowest BCUT2D eigenvalue weighted by Gasteiger charge is -2.08. The van der Waals surface area contributed by atoms with E-state index in [0.717, 1.165) is 0 Å². The minimum Gasteiger partial charge on any atom is -0.298 e. The molecule has 6 heteroatoms. The van der Waals surface area contributed by atoms with Crippen LogP contribution in [0, 0.1) is 17.1 Å². The Kier molecular flexibility index (Phi) is 4.53. The first-order chi connectivity index (χ1) is 9.67. The number of halogens is 1. The van der Waals surface area contributed by atoms with E-state index in [1.807, 2.05) is 0 Å². The highest BCUT2D eigenvalue weighted by Gasteiger charge is 2.17. The van der Waals surface area contributed by atoms with Gasteiger partial charge in [0.25, 0.3) is 0 Å². The van der Waals surface area contributed by atoms with Gasteiger partial charge in [-0.1, -0.05) is 30.0 Å². The van der Waals surface area contributed by atoms with Crippen molar-refractivity contribution in [3.05, 3.63) is 42.7 Å². The van der Waals surface area contributed by atoms with Crippen LogP contribution >= 0.6 is 11.8 Å². The van der Waals surface area contributed by atoms with Crippen molar-refractivity contribution in [1.29, 1.82) is 5.26 Å². The van der Waals surface area contributed by atoms with Gasteiger partial charge in [0, 0.05) is 6.54 Å². The van der Waals surface area contributed by atoms with Crippen molar-refractivity contribution in [2.45, 2.75) is 23.9 Å². The van der Waals surface area contributed by atoms with Crippen LogP contribution in [0.15, 0.2) is 42.1 Å². The molecule has 0 aliphatic heterocycles. The summed E-state index contributed by atoms with van der Waals surface area (Å²) in [5.74, 6) is 0.0886. The summed E-state index contributed by atoms with van der Waals surface area (Å²) in [6.07, 6.45) is 1.69. The topological polar surface area (TPSA) is 54.5 Å². The van der Waals surface area contributed by atoms with Gasteiger partial charge in [0.2, 0.25) is 0 Å². The van der Waals surface area contributed by atoms with Crippen molar-refractivity contribution in [2.75, 3.05) is 0 Å². The Morgan fingerprint density at radius 2 is 2.25 bits per heavy atom. The number of benzene rings is 1. The Morgan fingerprint density at radius 1 is 1.50 bits per heavy atom. The minimum absolute atomic E-state index is 0.253. The number of rotatable bonds is 5. The number of hydrogen-bond acceptors (Lipinski definition) is 4. The molecule has 0 amide bonds. The second-order valence-electron chi connectivity index (χ2n) is 4.07. The van der Waals surface area contributed by atoms with Crippen LogP contribution < -0.4 is 0 Å². The Hall–Kier alpha value is -2.13. The van der Waals surface area contributed by atoms with Gasteiger partial charge < -0.3 is 0 Å². The fourth-order valence-electron chi connectivity index (χ4n) is 1.70. The predicted octanol–water partition coefficient (Wildman–Crippen LogP) is 3.27. The monoisotopic (exact) mass is 288 g/mol. The summed E-state index contributed by atoms with van der Waals surface area (Å²) in [4.78, 5) is 0. The number of nitriles is 1. The van der Waals surface area contributed by atoms with Crippen LogP contribution in [-0.2, 0) is 6.54 Å². The van der Waals surface area contributed by atoms with Crippen molar-refractivity contribution in [1.82, 2.24) is 14.8 Å². The molecule has 0 fully saturated rings. The molecule has 1 heterocycles. The van der Waals surface area contributed by atoms with Gasteiger partial charge in [0.1, 0.15) is 5.82 Å². The lowest BCUT2D eigenvalue weighted by atomic mass is 10.2. The fraction of sp³-hybridized carbons (Fsp3) is 0.214. The average Bonchev–Trinajstić information content (AvgIpc) is 2.83. The first kappa shape index (κ1) is 14.3. The third kappa shape index (κ3) is 2.89. The van der Waals surface area contributed by atoms with Gasteiger partial charge in [-0.15, -0.1) is 16.8 Å². The molecule has 1 aromatic carbocycles. The van der Waals surface area contributed by atoms with Crippen LogP contribution in [0.3, 0.4) is 0 Å². The molecule has 0 aliphatic rings. The zero-order valence-electron chi connectivity index (χ0n) is 11.0. The zero-order chi connectivity index (χ0) is 14.5. The van der Waals surface area contributed by atoms with E-state index in [1.54, 1.807) is 35.8 Å². The predicted molar refractivity (Wildman–Crippen MR) is 76.5 cm³/mol. The molecule has 0 N–H and O–H groups in total. The molecule has 20 heavy (non-hydrogen) atoms. The molecule has 2 aromatic rings. The molecular weight excluding hydrogens is 275 g/mol. The molecule has 4 nitrogen and oxygen atoms in total. The highest BCUT2D eigenvalue weighted by atomic mass is 32.2. The van der Waals surface area contributed by atoms with Gasteiger partial charge in [-0.05, 0) is 19.1 Å². The number of allylic oxidation sites excluding steroid dienone is 1. The largest absolute Gasteiger partial charge is 0.298 e. The molecule has 1 aromatic heterocycles. The maximum absolute atomic E-state index is 13.9. The smallest absolute Gasteiger partial charge is 0.193 e. The van der Waals surface area contributed by atoms with Crippen LogP contribution in [-0.4, -0.2) is 20.0 Å². The molecule has 1 unspecified atom stereocenters. The SMILES string of the molecule is C=CCn1c(SC(C)C#N)nnc1-c1ccccc1F. The average molecular weight is 288 g/mol. The van der Waals surface area contributed by atoms with E-state index in [2.05, 4.69) is 22.8 Å². The van der Waals surface area contributed by atoms with Crippen LogP contribution in [0.2, 0.25) is 0 Å². The molecule has 102 valence electrons. The van der Waals surface area contributed by atoms with E-state index in [0.29, 0.717) is 23.1 Å². The van der Waals surface area contributed by atoms with Gasteiger partial charge in [-0.2, -0.15) is 5.26 Å². The molecule has 0 bridgehead atoms. The van der Waals surface area contributed by atoms with Crippen molar-refractivity contribution in [3.63, 3.8) is 0 Å². The Bertz CT molecular complexity index is 659. The summed E-state index contributed by atoms with van der Waals surface area (Å²) in [7, 11) is 0. The Balaban J connectivity index is 2.47. The van der Waals surface area contributed by atoms with Gasteiger partial charge >= 0.3 is 0 Å². The quantitative estimate of drug-likeness (QED) is 0.626. The van der Waals surface area contributed by atoms with Crippen LogP contribution in [0.1, 0.15) is 6.92 Å². The van der Waals surface area contributed by atoms with Crippen molar-refractivity contribution in [3.8, 4) is 17.5 Å². The highest BCUT2D eigenvalue weighted by Crippen LogP contribution is 2.27. The number of aromatic nitrogens is 3. The highest BCUT2D eigenvalue weighted by molar-refractivity contribution is 8.00. The van der Waals surface area contributed by atoms with E-state index < -0.39 is 0 Å². The molecular formula is C14H13FN4S. The van der Waals surface area contributed by atoms with E-state index in [1.165, 1.54) is 17.8 Å². The molecule has 0 saturated heterocycles. The standard InChI is InChI=1S/C14H13FN4S/c1-3-8-19-13(11-6-4-5-7-12(11)15)17-18-14(19)20-10(2)9-16/h3-7,10H,1,8H2,2H3. The molecule has 0 aliphatic carbocycles. The lowest BCUT2D eigenvalue weighted by molar-refractivity contribution is 0.626. The first-order valence-corrected chi connectivity index (χ1v) is 6.90. The summed E-state index contributed by atoms with van der Waals surface area (Å²) < 4.78 is 15.6. The second-order valence-corrected chi connectivity index (χ2v) is 5.38. The zero-order valence-corrected chi connectivity index (χ0v) is 11.8. The van der Waals surface area contributed by atoms with Crippen molar-refractivity contribution in [2.24, 2.45) is 0 Å². The number of hydrogen-bond donors (Lipinski definition) is 0. The normalized spacial score (nSPS) is 11.8. The molecule has 0 radical (unpaired) electrons. The maximum atomic E-state index is 13.9. The van der Waals surface area contributed by atoms with E-state index in [4.69, 9.17) is 5.26 Å². The Morgan fingerprint density at radius 3 is 2.90 bits per heavy atom. The summed E-state index contributed by atoms with van der Waals surface area (Å²) >= 11 is 1.29. The van der Waals surface area contributed by atoms with Crippen molar-refractivity contribution >= 4 is 11.8 Å². The molecule has 1 atom stereocenters. The first-order valence-electron chi connectivity index (χ1n) is 6.02. The van der Waals surface area contributed by atoms with Crippen LogP contribution in [0.5, 0.6) is 0 Å². The van der Waals surface area contributed by atoms with Gasteiger partial charge in [0.15, 0.2) is 11.0 Å². The lowest BCUT2D eigenvalue weighted by Crippen LogP contribution is -2.03. The Labute approximate surface area is 120 Å². The summed E-state index contributed by atoms with van der Waals surface area (Å²) in [5.41, 5.74) is 0.387. The summed E-state index contributed by atoms with van der Waals surface area (Å²) in [6.45, 7) is 5.92. The van der Waals surface area contributed by atoms with Gasteiger partial charge in [0.05, 0.1) is 16.9 Å². The molecule has 0 saturated carbocycles. The molecule has 0 spiro atoms. The van der Waals surface area contributed by atoms with E-state index in [9.17, 15) is 4.39 Å². The minimum atomic E-state index is -0.352. The second kappa shape index (κ2) is 6.35. The number of nitrogens with zero attached hydrogens (tertiary/aromatic N) is 4. The third-order valence-electron chi connectivity index (χ3n) is 2.61. The van der Waals surface area contributed by atoms with E-state index in [-0.39, 0.29) is 11.1 Å². The maximum Gasteiger partial charge on any atom is 0.193 e. The number of thioether (sulfide) groups is 1. The fourth-order valence-corrected chi connectivity index (χ4v) is 2.44. The van der Waals surface area contributed by atoms with Gasteiger partial charge in [-0.25, -0.2) is 4.39 Å². The third-order valence-corrected chi connectivity index (χ3v) is 3.58. The summed E-state index contributed by atoms with van der Waals surface area (Å²) in [6, 6.07) is 8.53. The van der Waals surface area contributed by atoms with Crippen molar-refractivity contribution < 1.29 is 4.39 Å². The van der Waals surface area contributed by atoms with Gasteiger partial charge in [-0.3, -0.25) is 4.57 Å². The van der Waals surface area contributed by atoms with Crippen LogP contribution in [0.25, 0.3) is 11.4 Å². The summed E-state index contributed by atoms with van der Waals surface area (Å²) in [5, 5.41) is 17.3. The van der Waals surface area contributed by atoms with Crippen LogP contribution in [0.4, 0.5) is 4.39 Å². The molecule has 2 rings (SSSR count). The van der Waals surface area contributed by atoms with E-state index >= 15 is 0 Å².